The number of carbonyl (C=O) groups excluding carboxylic acids is 1. The van der Waals surface area contributed by atoms with Gasteiger partial charge in [-0.05, 0) is 31.0 Å². The molecule has 0 radical (unpaired) electrons. The molecule has 1 saturated heterocycles. The lowest BCUT2D eigenvalue weighted by Crippen LogP contribution is -2.43. The zero-order valence-corrected chi connectivity index (χ0v) is 18.8. The number of nitrogens with one attached hydrogen (secondary N) is 1. The van der Waals surface area contributed by atoms with Crippen molar-refractivity contribution in [2.45, 2.75) is 25.8 Å². The van der Waals surface area contributed by atoms with Gasteiger partial charge >= 0.3 is 0 Å². The first-order valence-corrected chi connectivity index (χ1v) is 11.0. The van der Waals surface area contributed by atoms with E-state index in [0.717, 1.165) is 13.1 Å². The molecule has 1 fully saturated rings. The Morgan fingerprint density at radius 1 is 1.22 bits per heavy atom. The Hall–Kier alpha value is -3.08. The molecule has 1 unspecified atom stereocenters. The van der Waals surface area contributed by atoms with Gasteiger partial charge in [0.25, 0.3) is 0 Å². The van der Waals surface area contributed by atoms with E-state index in [9.17, 15) is 4.79 Å². The number of methoxy groups -OCH3 is 1. The molecule has 7 heteroatoms. The van der Waals surface area contributed by atoms with Gasteiger partial charge < -0.3 is 19.5 Å². The number of hydrogen-bond donors (Lipinski definition) is 1. The highest BCUT2D eigenvalue weighted by Gasteiger charge is 2.23. The Labute approximate surface area is 189 Å². The molecule has 0 aromatic heterocycles. The van der Waals surface area contributed by atoms with E-state index >= 15 is 0 Å². The fourth-order valence-electron chi connectivity index (χ4n) is 3.79. The van der Waals surface area contributed by atoms with Crippen molar-refractivity contribution in [3.05, 3.63) is 59.2 Å². The van der Waals surface area contributed by atoms with Crippen LogP contribution in [0, 0.1) is 18.3 Å². The first kappa shape index (κ1) is 23.6. The summed E-state index contributed by atoms with van der Waals surface area (Å²) < 4.78 is 16.5. The molecule has 0 saturated carbocycles. The van der Waals surface area contributed by atoms with Crippen LogP contribution in [0.4, 0.5) is 0 Å². The molecule has 32 heavy (non-hydrogen) atoms. The van der Waals surface area contributed by atoms with Gasteiger partial charge in [0, 0.05) is 32.1 Å². The van der Waals surface area contributed by atoms with E-state index < -0.39 is 0 Å². The summed E-state index contributed by atoms with van der Waals surface area (Å²) in [5.74, 6) is 1.09. The monoisotopic (exact) mass is 437 g/mol. The third-order valence-electron chi connectivity index (χ3n) is 5.50. The molecule has 0 spiro atoms. The number of rotatable bonds is 10. The molecule has 170 valence electrons. The summed E-state index contributed by atoms with van der Waals surface area (Å²) in [6.07, 6.45) is 0.962. The molecule has 1 atom stereocenters. The average Bonchev–Trinajstić information content (AvgIpc) is 2.82. The molecule has 1 amide bonds. The molecule has 2 aromatic carbocycles. The molecule has 0 bridgehead atoms. The van der Waals surface area contributed by atoms with Gasteiger partial charge in [-0.2, -0.15) is 5.26 Å². The van der Waals surface area contributed by atoms with Crippen molar-refractivity contribution in [3.63, 3.8) is 0 Å². The summed E-state index contributed by atoms with van der Waals surface area (Å²) in [4.78, 5) is 14.8. The van der Waals surface area contributed by atoms with Gasteiger partial charge in [-0.3, -0.25) is 9.69 Å². The maximum absolute atomic E-state index is 12.5. The van der Waals surface area contributed by atoms with E-state index in [1.807, 2.05) is 0 Å². The standard InChI is InChI=1S/C25H31N3O4/c1-19-5-3-6-21(15-19)22(28-10-13-31-14-11-28)18-27-25(29)7-4-12-32-23-9-8-20(17-26)16-24(23)30-2/h3,5-6,8-9,15-16,22H,4,7,10-14,18H2,1-2H3,(H,27,29). The van der Waals surface area contributed by atoms with Gasteiger partial charge in [0.15, 0.2) is 11.5 Å². The van der Waals surface area contributed by atoms with E-state index in [2.05, 4.69) is 47.5 Å². The topological polar surface area (TPSA) is 83.8 Å². The molecular weight excluding hydrogens is 406 g/mol. The lowest BCUT2D eigenvalue weighted by atomic mass is 10.0. The first-order valence-electron chi connectivity index (χ1n) is 11.0. The highest BCUT2D eigenvalue weighted by Crippen LogP contribution is 2.28. The van der Waals surface area contributed by atoms with Crippen molar-refractivity contribution < 1.29 is 19.0 Å². The van der Waals surface area contributed by atoms with Crippen LogP contribution in [0.5, 0.6) is 11.5 Å². The lowest BCUT2D eigenvalue weighted by Gasteiger charge is -2.35. The minimum absolute atomic E-state index is 0.00584. The molecule has 1 N–H and O–H groups in total. The van der Waals surface area contributed by atoms with E-state index in [1.54, 1.807) is 18.2 Å². The highest BCUT2D eigenvalue weighted by atomic mass is 16.5. The predicted molar refractivity (Wildman–Crippen MR) is 122 cm³/mol. The van der Waals surface area contributed by atoms with Crippen molar-refractivity contribution in [1.29, 1.82) is 5.26 Å². The second-order valence-electron chi connectivity index (χ2n) is 7.81. The Balaban J connectivity index is 1.48. The average molecular weight is 438 g/mol. The minimum Gasteiger partial charge on any atom is -0.493 e. The fourth-order valence-corrected chi connectivity index (χ4v) is 3.79. The normalized spacial score (nSPS) is 14.9. The fraction of sp³-hybridized carbons (Fsp3) is 0.440. The quantitative estimate of drug-likeness (QED) is 0.575. The molecule has 1 aliphatic rings. The smallest absolute Gasteiger partial charge is 0.220 e. The van der Waals surface area contributed by atoms with Gasteiger partial charge in [0.2, 0.25) is 5.91 Å². The summed E-state index contributed by atoms with van der Waals surface area (Å²) in [6, 6.07) is 15.7. The molecule has 0 aliphatic carbocycles. The molecular formula is C25H31N3O4. The number of nitriles is 1. The Morgan fingerprint density at radius 3 is 2.75 bits per heavy atom. The summed E-state index contributed by atoms with van der Waals surface area (Å²) in [5.41, 5.74) is 2.93. The molecule has 1 heterocycles. The van der Waals surface area contributed by atoms with Crippen LogP contribution in [0.2, 0.25) is 0 Å². The summed E-state index contributed by atoms with van der Waals surface area (Å²) >= 11 is 0. The first-order chi connectivity index (χ1) is 15.6. The van der Waals surface area contributed by atoms with Crippen LogP contribution in [0.15, 0.2) is 42.5 Å². The largest absolute Gasteiger partial charge is 0.493 e. The molecule has 3 rings (SSSR count). The van der Waals surface area contributed by atoms with E-state index in [-0.39, 0.29) is 11.9 Å². The van der Waals surface area contributed by atoms with E-state index in [0.29, 0.717) is 56.3 Å². The minimum atomic E-state index is 0.00584. The summed E-state index contributed by atoms with van der Waals surface area (Å²) in [5, 5.41) is 12.1. The third kappa shape index (κ3) is 6.71. The van der Waals surface area contributed by atoms with Crippen LogP contribution < -0.4 is 14.8 Å². The zero-order valence-electron chi connectivity index (χ0n) is 18.8. The van der Waals surface area contributed by atoms with Gasteiger partial charge in [-0.25, -0.2) is 0 Å². The predicted octanol–water partition coefficient (Wildman–Crippen LogP) is 3.22. The Kier molecular flexibility index (Phi) is 8.90. The van der Waals surface area contributed by atoms with E-state index in [1.165, 1.54) is 18.2 Å². The van der Waals surface area contributed by atoms with Crippen molar-refractivity contribution >= 4 is 5.91 Å². The SMILES string of the molecule is COc1cc(C#N)ccc1OCCCC(=O)NCC(c1cccc(C)c1)N1CCOCC1. The number of benzene rings is 2. The number of nitrogens with zero attached hydrogens (tertiary/aromatic N) is 2. The number of carbonyl (C=O) groups is 1. The van der Waals surface area contributed by atoms with Gasteiger partial charge in [0.1, 0.15) is 0 Å². The van der Waals surface area contributed by atoms with Crippen molar-refractivity contribution in [2.75, 3.05) is 46.6 Å². The lowest BCUT2D eigenvalue weighted by molar-refractivity contribution is -0.121. The van der Waals surface area contributed by atoms with Crippen molar-refractivity contribution in [1.82, 2.24) is 10.2 Å². The Morgan fingerprint density at radius 2 is 2.03 bits per heavy atom. The summed E-state index contributed by atoms with van der Waals surface area (Å²) in [6.45, 7) is 6.18. The van der Waals surface area contributed by atoms with Crippen LogP contribution in [0.1, 0.15) is 35.6 Å². The maximum atomic E-state index is 12.5. The summed E-state index contributed by atoms with van der Waals surface area (Å²) in [7, 11) is 1.54. The number of amides is 1. The van der Waals surface area contributed by atoms with Crippen LogP contribution in [0.3, 0.4) is 0 Å². The second kappa shape index (κ2) is 12.1. The number of aryl methyl sites for hydroxylation is 1. The zero-order chi connectivity index (χ0) is 22.8. The number of ether oxygens (including phenoxy) is 3. The van der Waals surface area contributed by atoms with Crippen LogP contribution in [-0.4, -0.2) is 57.4 Å². The molecule has 2 aromatic rings. The number of hydrogen-bond acceptors (Lipinski definition) is 6. The van der Waals surface area contributed by atoms with Crippen molar-refractivity contribution in [3.8, 4) is 17.6 Å². The van der Waals surface area contributed by atoms with Crippen molar-refractivity contribution in [2.24, 2.45) is 0 Å². The maximum Gasteiger partial charge on any atom is 0.220 e. The molecule has 1 aliphatic heterocycles. The highest BCUT2D eigenvalue weighted by molar-refractivity contribution is 5.75. The number of morpholine rings is 1. The Bertz CT molecular complexity index is 935. The second-order valence-corrected chi connectivity index (χ2v) is 7.81. The van der Waals surface area contributed by atoms with Gasteiger partial charge in [-0.15, -0.1) is 0 Å². The van der Waals surface area contributed by atoms with Crippen LogP contribution >= 0.6 is 0 Å². The molecule has 7 nitrogen and oxygen atoms in total. The van der Waals surface area contributed by atoms with Gasteiger partial charge in [-0.1, -0.05) is 29.8 Å². The third-order valence-corrected chi connectivity index (χ3v) is 5.50. The van der Waals surface area contributed by atoms with Gasteiger partial charge in [0.05, 0.1) is 44.6 Å². The van der Waals surface area contributed by atoms with E-state index in [4.69, 9.17) is 19.5 Å². The van der Waals surface area contributed by atoms with Crippen LogP contribution in [0.25, 0.3) is 0 Å². The van der Waals surface area contributed by atoms with Crippen LogP contribution in [-0.2, 0) is 9.53 Å².